The molecule has 0 saturated carbocycles. The van der Waals surface area contributed by atoms with E-state index in [1.54, 1.807) is 17.2 Å². The molecule has 3 heterocycles. The summed E-state index contributed by atoms with van der Waals surface area (Å²) in [6.45, 7) is 0.318. The fourth-order valence-corrected chi connectivity index (χ4v) is 5.03. The van der Waals surface area contributed by atoms with Gasteiger partial charge in [0.25, 0.3) is 5.91 Å². The van der Waals surface area contributed by atoms with Crippen LogP contribution in [0.2, 0.25) is 0 Å². The van der Waals surface area contributed by atoms with Crippen molar-refractivity contribution in [2.45, 2.75) is 17.7 Å². The number of amides is 1. The number of halogens is 1. The van der Waals surface area contributed by atoms with Crippen molar-refractivity contribution in [3.63, 3.8) is 0 Å². The van der Waals surface area contributed by atoms with E-state index in [2.05, 4.69) is 20.9 Å². The lowest BCUT2D eigenvalue weighted by Gasteiger charge is -2.26. The second-order valence-corrected chi connectivity index (χ2v) is 7.93. The van der Waals surface area contributed by atoms with Crippen molar-refractivity contribution in [3.8, 4) is 0 Å². The van der Waals surface area contributed by atoms with Crippen LogP contribution in [-0.4, -0.2) is 47.8 Å². The molecule has 3 rings (SSSR count). The first-order valence-corrected chi connectivity index (χ1v) is 8.11. The highest BCUT2D eigenvalue weighted by molar-refractivity contribution is 9.10. The highest BCUT2D eigenvalue weighted by Crippen LogP contribution is 2.33. The number of carbonyl (C=O) groups is 1. The molecule has 0 radical (unpaired) electrons. The second-order valence-electron chi connectivity index (χ2n) is 4.69. The molecule has 1 aromatic heterocycles. The Bertz CT molecular complexity index is 616. The Morgan fingerprint density at radius 2 is 2.22 bits per heavy atom. The third-order valence-electron chi connectivity index (χ3n) is 3.52. The van der Waals surface area contributed by atoms with Gasteiger partial charge in [0, 0.05) is 29.5 Å². The van der Waals surface area contributed by atoms with Crippen LogP contribution in [0.4, 0.5) is 0 Å². The van der Waals surface area contributed by atoms with Gasteiger partial charge >= 0.3 is 0 Å². The predicted molar refractivity (Wildman–Crippen MR) is 69.0 cm³/mol. The molecule has 2 bridgehead atoms. The monoisotopic (exact) mass is 330 g/mol. The Labute approximate surface area is 113 Å². The van der Waals surface area contributed by atoms with E-state index in [0.29, 0.717) is 18.5 Å². The minimum Gasteiger partial charge on any atom is -0.333 e. The first kappa shape index (κ1) is 12.1. The van der Waals surface area contributed by atoms with Crippen LogP contribution in [0.3, 0.4) is 0 Å². The Morgan fingerprint density at radius 3 is 2.78 bits per heavy atom. The molecule has 2 saturated heterocycles. The molecule has 0 aliphatic carbocycles. The maximum atomic E-state index is 12.3. The molecular formula is C11H11BrN2O3S. The standard InChI is InChI=1S/C11H11BrN2O3S/c12-8-1-7(3-13-4-8)11(15)14-5-10-2-9(14)6-18(10,16)17/h1,3-4,9-10H,2,5-6H2. The van der Waals surface area contributed by atoms with E-state index in [-0.39, 0.29) is 23.0 Å². The number of aromatic nitrogens is 1. The van der Waals surface area contributed by atoms with Crippen LogP contribution in [0.5, 0.6) is 0 Å². The van der Waals surface area contributed by atoms with Gasteiger partial charge in [0.15, 0.2) is 9.84 Å². The number of hydrogen-bond acceptors (Lipinski definition) is 4. The van der Waals surface area contributed by atoms with E-state index in [4.69, 9.17) is 0 Å². The number of pyridine rings is 1. The Morgan fingerprint density at radius 1 is 1.44 bits per heavy atom. The van der Waals surface area contributed by atoms with Gasteiger partial charge in [-0.3, -0.25) is 9.78 Å². The van der Waals surface area contributed by atoms with E-state index in [9.17, 15) is 13.2 Å². The summed E-state index contributed by atoms with van der Waals surface area (Å²) in [5, 5.41) is -0.369. The van der Waals surface area contributed by atoms with Crippen molar-refractivity contribution < 1.29 is 13.2 Å². The zero-order valence-electron chi connectivity index (χ0n) is 9.41. The lowest BCUT2D eigenvalue weighted by Crippen LogP contribution is -2.44. The minimum absolute atomic E-state index is 0.102. The average molecular weight is 331 g/mol. The van der Waals surface area contributed by atoms with E-state index in [1.807, 2.05) is 0 Å². The maximum Gasteiger partial charge on any atom is 0.255 e. The summed E-state index contributed by atoms with van der Waals surface area (Å²) in [4.78, 5) is 17.9. The molecule has 1 amide bonds. The number of sulfone groups is 1. The Hall–Kier alpha value is -0.950. The quantitative estimate of drug-likeness (QED) is 0.765. The molecule has 5 nitrogen and oxygen atoms in total. The average Bonchev–Trinajstić information content (AvgIpc) is 2.83. The number of nitrogens with zero attached hydrogens (tertiary/aromatic N) is 2. The van der Waals surface area contributed by atoms with Gasteiger partial charge < -0.3 is 4.90 Å². The summed E-state index contributed by atoms with van der Waals surface area (Å²) in [7, 11) is -2.96. The van der Waals surface area contributed by atoms with Gasteiger partial charge in [0.1, 0.15) is 0 Å². The molecule has 2 atom stereocenters. The van der Waals surface area contributed by atoms with Crippen molar-refractivity contribution in [3.05, 3.63) is 28.5 Å². The summed E-state index contributed by atoms with van der Waals surface area (Å²) in [5.74, 6) is -0.0311. The van der Waals surface area contributed by atoms with E-state index >= 15 is 0 Å². The molecular weight excluding hydrogens is 320 g/mol. The molecule has 2 aliphatic heterocycles. The number of likely N-dealkylation sites (tertiary alicyclic amines) is 1. The number of fused-ring (bicyclic) bond motifs is 2. The molecule has 2 aliphatic rings. The number of carbonyl (C=O) groups excluding carboxylic acids is 1. The molecule has 96 valence electrons. The summed E-state index contributed by atoms with van der Waals surface area (Å²) in [6.07, 6.45) is 3.69. The smallest absolute Gasteiger partial charge is 0.255 e. The molecule has 2 fully saturated rings. The predicted octanol–water partition coefficient (Wildman–Crippen LogP) is 0.856. The molecule has 0 aromatic carbocycles. The first-order valence-electron chi connectivity index (χ1n) is 5.60. The second kappa shape index (κ2) is 4.03. The normalized spacial score (nSPS) is 28.6. The first-order chi connectivity index (χ1) is 8.47. The summed E-state index contributed by atoms with van der Waals surface area (Å²) >= 11 is 3.27. The molecule has 7 heteroatoms. The minimum atomic E-state index is -2.96. The zero-order valence-corrected chi connectivity index (χ0v) is 11.8. The highest BCUT2D eigenvalue weighted by atomic mass is 79.9. The zero-order chi connectivity index (χ0) is 12.9. The van der Waals surface area contributed by atoms with Crippen molar-refractivity contribution in [2.24, 2.45) is 0 Å². The van der Waals surface area contributed by atoms with Gasteiger partial charge in [-0.25, -0.2) is 8.42 Å². The number of rotatable bonds is 1. The van der Waals surface area contributed by atoms with Gasteiger partial charge in [-0.15, -0.1) is 0 Å². The van der Waals surface area contributed by atoms with Crippen LogP contribution in [0.15, 0.2) is 22.9 Å². The summed E-state index contributed by atoms with van der Waals surface area (Å²) < 4.78 is 24.0. The topological polar surface area (TPSA) is 67.3 Å². The molecule has 18 heavy (non-hydrogen) atoms. The van der Waals surface area contributed by atoms with Gasteiger partial charge in [-0.2, -0.15) is 0 Å². The fraction of sp³-hybridized carbons (Fsp3) is 0.455. The van der Waals surface area contributed by atoms with Crippen molar-refractivity contribution in [1.82, 2.24) is 9.88 Å². The Balaban J connectivity index is 1.85. The van der Waals surface area contributed by atoms with Gasteiger partial charge in [-0.05, 0) is 28.4 Å². The largest absolute Gasteiger partial charge is 0.333 e. The van der Waals surface area contributed by atoms with Crippen molar-refractivity contribution in [1.29, 1.82) is 0 Å². The van der Waals surface area contributed by atoms with Crippen LogP contribution in [0, 0.1) is 0 Å². The van der Waals surface area contributed by atoms with E-state index in [1.165, 1.54) is 6.20 Å². The third-order valence-corrected chi connectivity index (χ3v) is 6.16. The van der Waals surface area contributed by atoms with Crippen LogP contribution in [0.1, 0.15) is 16.8 Å². The maximum absolute atomic E-state index is 12.3. The molecule has 0 spiro atoms. The molecule has 0 N–H and O–H groups in total. The van der Waals surface area contributed by atoms with Gasteiger partial charge in [0.2, 0.25) is 0 Å². The number of hydrogen-bond donors (Lipinski definition) is 0. The SMILES string of the molecule is O=C(c1cncc(Br)c1)N1CC2CC1CS2(=O)=O. The lowest BCUT2D eigenvalue weighted by atomic mass is 10.2. The summed E-state index contributed by atoms with van der Waals surface area (Å²) in [5.41, 5.74) is 0.495. The Kier molecular flexibility index (Phi) is 2.71. The van der Waals surface area contributed by atoms with Gasteiger partial charge in [0.05, 0.1) is 16.6 Å². The van der Waals surface area contributed by atoms with E-state index < -0.39 is 9.84 Å². The summed E-state index contributed by atoms with van der Waals surface area (Å²) in [6, 6.07) is 1.54. The van der Waals surface area contributed by atoms with Crippen molar-refractivity contribution in [2.75, 3.05) is 12.3 Å². The van der Waals surface area contributed by atoms with Crippen LogP contribution in [-0.2, 0) is 9.84 Å². The molecule has 1 aromatic rings. The van der Waals surface area contributed by atoms with E-state index in [0.717, 1.165) is 4.47 Å². The van der Waals surface area contributed by atoms with Crippen LogP contribution in [0.25, 0.3) is 0 Å². The molecule has 2 unspecified atom stereocenters. The van der Waals surface area contributed by atoms with Gasteiger partial charge in [-0.1, -0.05) is 0 Å². The van der Waals surface area contributed by atoms with Crippen LogP contribution >= 0.6 is 15.9 Å². The highest BCUT2D eigenvalue weighted by Gasteiger charge is 2.50. The fourth-order valence-electron chi connectivity index (χ4n) is 2.64. The van der Waals surface area contributed by atoms with Crippen molar-refractivity contribution >= 4 is 31.7 Å². The lowest BCUT2D eigenvalue weighted by molar-refractivity contribution is 0.0745. The van der Waals surface area contributed by atoms with Crippen LogP contribution < -0.4 is 0 Å². The third kappa shape index (κ3) is 1.85.